The molecule has 0 aliphatic carbocycles. The average molecular weight is 380 g/mol. The number of amides is 1. The van der Waals surface area contributed by atoms with Gasteiger partial charge in [0.15, 0.2) is 5.76 Å². The fraction of sp³-hybridized carbons (Fsp3) is 0.150. The van der Waals surface area contributed by atoms with Crippen LogP contribution in [0.2, 0.25) is 0 Å². The van der Waals surface area contributed by atoms with Crippen molar-refractivity contribution < 1.29 is 13.6 Å². The van der Waals surface area contributed by atoms with Crippen molar-refractivity contribution in [3.05, 3.63) is 77.2 Å². The van der Waals surface area contributed by atoms with Crippen molar-refractivity contribution in [2.45, 2.75) is 13.1 Å². The number of carbonyl (C=O) groups is 1. The van der Waals surface area contributed by atoms with Crippen LogP contribution in [-0.2, 0) is 17.9 Å². The number of benzene rings is 1. The minimum absolute atomic E-state index is 0.189. The molecule has 0 bridgehead atoms. The summed E-state index contributed by atoms with van der Waals surface area (Å²) in [6, 6.07) is 12.7. The van der Waals surface area contributed by atoms with E-state index in [0.717, 1.165) is 15.6 Å². The van der Waals surface area contributed by atoms with Gasteiger partial charge in [-0.15, -0.1) is 0 Å². The first-order chi connectivity index (χ1) is 13.6. The quantitative estimate of drug-likeness (QED) is 0.557. The zero-order chi connectivity index (χ0) is 19.5. The Labute approximate surface area is 159 Å². The molecule has 28 heavy (non-hydrogen) atoms. The van der Waals surface area contributed by atoms with Crippen LogP contribution in [0.5, 0.6) is 0 Å². The number of aromatic nitrogens is 3. The molecule has 7 nitrogen and oxygen atoms in total. The summed E-state index contributed by atoms with van der Waals surface area (Å²) in [7, 11) is 0. The van der Waals surface area contributed by atoms with E-state index >= 15 is 0 Å². The Hall–Kier alpha value is -3.68. The van der Waals surface area contributed by atoms with E-state index < -0.39 is 0 Å². The molecule has 0 radical (unpaired) electrons. The van der Waals surface area contributed by atoms with Crippen molar-refractivity contribution in [2.24, 2.45) is 0 Å². The van der Waals surface area contributed by atoms with Gasteiger partial charge in [-0.2, -0.15) is 5.10 Å². The highest BCUT2D eigenvalue weighted by Gasteiger charge is 2.09. The number of rotatable bonds is 6. The minimum atomic E-state index is -0.371. The largest absolute Gasteiger partial charge is 0.463 e. The van der Waals surface area contributed by atoms with E-state index in [9.17, 15) is 14.0 Å². The third-order valence-corrected chi connectivity index (χ3v) is 4.34. The van der Waals surface area contributed by atoms with Crippen LogP contribution in [0.25, 0.3) is 22.4 Å². The zero-order valence-electron chi connectivity index (χ0n) is 14.8. The Morgan fingerprint density at radius 3 is 2.89 bits per heavy atom. The zero-order valence-corrected chi connectivity index (χ0v) is 14.8. The molecule has 0 spiro atoms. The number of hydrogen-bond acceptors (Lipinski definition) is 4. The molecule has 4 rings (SSSR count). The van der Waals surface area contributed by atoms with Gasteiger partial charge in [0.25, 0.3) is 5.56 Å². The lowest BCUT2D eigenvalue weighted by Gasteiger charge is -2.09. The van der Waals surface area contributed by atoms with Crippen molar-refractivity contribution in [2.75, 3.05) is 6.54 Å². The van der Waals surface area contributed by atoms with Gasteiger partial charge < -0.3 is 14.3 Å². The minimum Gasteiger partial charge on any atom is -0.463 e. The molecule has 0 saturated heterocycles. The maximum Gasteiger partial charge on any atom is 0.267 e. The van der Waals surface area contributed by atoms with Crippen molar-refractivity contribution >= 4 is 16.8 Å². The van der Waals surface area contributed by atoms with Crippen molar-refractivity contribution in [3.8, 4) is 11.5 Å². The summed E-state index contributed by atoms with van der Waals surface area (Å²) in [5.41, 5.74) is 0.993. The van der Waals surface area contributed by atoms with E-state index in [1.165, 1.54) is 24.5 Å². The molecule has 0 unspecified atom stereocenters. The van der Waals surface area contributed by atoms with Gasteiger partial charge in [-0.1, -0.05) is 0 Å². The summed E-state index contributed by atoms with van der Waals surface area (Å²) in [6.45, 7) is 0.702. The van der Waals surface area contributed by atoms with Crippen LogP contribution in [0.3, 0.4) is 0 Å². The molecule has 3 aromatic heterocycles. The van der Waals surface area contributed by atoms with Crippen LogP contribution in [-0.4, -0.2) is 26.8 Å². The molecule has 3 heterocycles. The molecule has 1 N–H and O–H groups in total. The number of fused-ring (bicyclic) bond motifs is 1. The fourth-order valence-electron chi connectivity index (χ4n) is 2.99. The number of nitrogens with one attached hydrogen (secondary N) is 1. The molecule has 0 atom stereocenters. The lowest BCUT2D eigenvalue weighted by molar-refractivity contribution is -0.121. The second-order valence-electron chi connectivity index (χ2n) is 6.25. The van der Waals surface area contributed by atoms with Gasteiger partial charge in [-0.05, 0) is 42.5 Å². The van der Waals surface area contributed by atoms with Crippen molar-refractivity contribution in [3.63, 3.8) is 0 Å². The van der Waals surface area contributed by atoms with Gasteiger partial charge in [-0.25, -0.2) is 9.07 Å². The third-order valence-electron chi connectivity index (χ3n) is 4.34. The second kappa shape index (κ2) is 7.51. The normalized spacial score (nSPS) is 11.0. The summed E-state index contributed by atoms with van der Waals surface area (Å²) < 4.78 is 21.5. The monoisotopic (exact) mass is 380 g/mol. The highest BCUT2D eigenvalue weighted by atomic mass is 19.1. The summed E-state index contributed by atoms with van der Waals surface area (Å²) in [4.78, 5) is 24.2. The van der Waals surface area contributed by atoms with Gasteiger partial charge in [0.1, 0.15) is 18.1 Å². The Kier molecular flexibility index (Phi) is 4.76. The highest BCUT2D eigenvalue weighted by molar-refractivity contribution is 5.80. The van der Waals surface area contributed by atoms with Crippen molar-refractivity contribution in [1.82, 2.24) is 19.7 Å². The number of hydrogen-bond donors (Lipinski definition) is 1. The van der Waals surface area contributed by atoms with Gasteiger partial charge in [0, 0.05) is 36.3 Å². The fourth-order valence-corrected chi connectivity index (χ4v) is 2.99. The second-order valence-corrected chi connectivity index (χ2v) is 6.25. The van der Waals surface area contributed by atoms with Crippen LogP contribution in [0.1, 0.15) is 0 Å². The molecule has 142 valence electrons. The lowest BCUT2D eigenvalue weighted by atomic mass is 10.2. The number of furan rings is 1. The van der Waals surface area contributed by atoms with E-state index in [1.54, 1.807) is 24.3 Å². The smallest absolute Gasteiger partial charge is 0.267 e. The molecule has 0 saturated carbocycles. The van der Waals surface area contributed by atoms with Gasteiger partial charge in [-0.3, -0.25) is 9.59 Å². The Morgan fingerprint density at radius 2 is 2.07 bits per heavy atom. The molecule has 1 amide bonds. The van der Waals surface area contributed by atoms with Crippen LogP contribution >= 0.6 is 0 Å². The first-order valence-corrected chi connectivity index (χ1v) is 8.73. The standard InChI is InChI=1S/C20H17FN4O3/c21-15-3-5-17-14(12-15)7-9-24(17)10-8-22-19(26)13-25-20(27)6-4-16(23-25)18-2-1-11-28-18/h1-7,9,11-12H,8,10,13H2,(H,22,26). The maximum atomic E-state index is 13.3. The SMILES string of the molecule is O=C(Cn1nc(-c2ccco2)ccc1=O)NCCn1ccc2cc(F)ccc21. The number of carbonyl (C=O) groups excluding carboxylic acids is 1. The predicted octanol–water partition coefficient (Wildman–Crippen LogP) is 2.41. The Morgan fingerprint density at radius 1 is 1.18 bits per heavy atom. The highest BCUT2D eigenvalue weighted by Crippen LogP contribution is 2.17. The molecule has 1 aromatic carbocycles. The molecule has 4 aromatic rings. The molecule has 0 aliphatic heterocycles. The van der Waals surface area contributed by atoms with E-state index in [0.29, 0.717) is 24.5 Å². The molecular formula is C20H17FN4O3. The van der Waals surface area contributed by atoms with Crippen LogP contribution in [0, 0.1) is 5.82 Å². The first kappa shape index (κ1) is 17.7. The van der Waals surface area contributed by atoms with Gasteiger partial charge >= 0.3 is 0 Å². The molecule has 8 heteroatoms. The lowest BCUT2D eigenvalue weighted by Crippen LogP contribution is -2.35. The number of nitrogens with zero attached hydrogens (tertiary/aromatic N) is 3. The topological polar surface area (TPSA) is 82.1 Å². The molecule has 0 fully saturated rings. The summed E-state index contributed by atoms with van der Waals surface area (Å²) in [5.74, 6) is -0.0907. The van der Waals surface area contributed by atoms with Crippen LogP contribution in [0.15, 0.2) is 70.2 Å². The maximum absolute atomic E-state index is 13.3. The third kappa shape index (κ3) is 3.71. The Bertz CT molecular complexity index is 1180. The number of halogens is 1. The summed E-state index contributed by atoms with van der Waals surface area (Å²) in [5, 5.41) is 7.74. The van der Waals surface area contributed by atoms with E-state index in [2.05, 4.69) is 10.4 Å². The van der Waals surface area contributed by atoms with Gasteiger partial charge in [0.2, 0.25) is 5.91 Å². The van der Waals surface area contributed by atoms with Crippen LogP contribution in [0.4, 0.5) is 4.39 Å². The molecular weight excluding hydrogens is 363 g/mol. The molecule has 0 aliphatic rings. The van der Waals surface area contributed by atoms with E-state index in [4.69, 9.17) is 4.42 Å². The summed E-state index contributed by atoms with van der Waals surface area (Å²) in [6.07, 6.45) is 3.35. The van der Waals surface area contributed by atoms with Crippen molar-refractivity contribution in [1.29, 1.82) is 0 Å². The van der Waals surface area contributed by atoms with Crippen LogP contribution < -0.4 is 10.9 Å². The average Bonchev–Trinajstić information content (AvgIpc) is 3.34. The van der Waals surface area contributed by atoms with E-state index in [-0.39, 0.29) is 23.8 Å². The van der Waals surface area contributed by atoms with E-state index in [1.807, 2.05) is 16.8 Å². The van der Waals surface area contributed by atoms with Gasteiger partial charge in [0.05, 0.1) is 6.26 Å². The first-order valence-electron chi connectivity index (χ1n) is 8.73. The predicted molar refractivity (Wildman–Crippen MR) is 101 cm³/mol. The summed E-state index contributed by atoms with van der Waals surface area (Å²) >= 11 is 0. The Balaban J connectivity index is 1.38.